The maximum Gasteiger partial charge on any atom is 0.256 e. The van der Waals surface area contributed by atoms with Crippen LogP contribution in [-0.2, 0) is 0 Å². The Hall–Kier alpha value is -4.56. The van der Waals surface area contributed by atoms with E-state index in [4.69, 9.17) is 0 Å². The molecule has 0 saturated carbocycles. The van der Waals surface area contributed by atoms with Gasteiger partial charge < -0.3 is 5.32 Å². The fourth-order valence-corrected chi connectivity index (χ4v) is 3.08. The minimum atomic E-state index is -0.432. The molecule has 32 heavy (non-hydrogen) atoms. The molecule has 0 spiro atoms. The lowest BCUT2D eigenvalue weighted by Crippen LogP contribution is -2.17. The summed E-state index contributed by atoms with van der Waals surface area (Å²) in [6, 6.07) is 24.4. The number of nitrogens with zero attached hydrogens (tertiary/aromatic N) is 1. The number of rotatable bonds is 4. The van der Waals surface area contributed by atoms with Crippen molar-refractivity contribution in [3.8, 4) is 11.8 Å². The van der Waals surface area contributed by atoms with E-state index in [9.17, 15) is 14.0 Å². The lowest BCUT2D eigenvalue weighted by atomic mass is 9.98. The van der Waals surface area contributed by atoms with Gasteiger partial charge in [0.2, 0.25) is 0 Å². The second kappa shape index (κ2) is 9.50. The number of amides is 1. The Morgan fingerprint density at radius 3 is 2.28 bits per heavy atom. The zero-order valence-electron chi connectivity index (χ0n) is 16.9. The van der Waals surface area contributed by atoms with Gasteiger partial charge >= 0.3 is 0 Å². The predicted molar refractivity (Wildman–Crippen MR) is 121 cm³/mol. The molecule has 0 bridgehead atoms. The molecule has 1 aromatic heterocycles. The van der Waals surface area contributed by atoms with Crippen LogP contribution in [0.5, 0.6) is 0 Å². The summed E-state index contributed by atoms with van der Waals surface area (Å²) < 4.78 is 13.2. The summed E-state index contributed by atoms with van der Waals surface area (Å²) in [5, 5.41) is 2.82. The van der Waals surface area contributed by atoms with Crippen molar-refractivity contribution in [1.82, 2.24) is 4.98 Å². The molecule has 1 amide bonds. The standard InChI is InChI=1S/C27H17FN2O2/c28-21-14-12-20(13-15-21)26(31)24-9-1-2-10-25(24)27(32)30-23-8-5-6-19(18-23)11-16-22-7-3-4-17-29-22/h1-10,12-15,17-18H,(H,30,32). The van der Waals surface area contributed by atoms with Crippen molar-refractivity contribution in [3.63, 3.8) is 0 Å². The molecule has 4 aromatic rings. The third kappa shape index (κ3) is 4.94. The van der Waals surface area contributed by atoms with Gasteiger partial charge in [-0.2, -0.15) is 0 Å². The maximum absolute atomic E-state index is 13.2. The zero-order chi connectivity index (χ0) is 22.3. The Balaban J connectivity index is 1.56. The van der Waals surface area contributed by atoms with E-state index >= 15 is 0 Å². The number of carbonyl (C=O) groups is 2. The zero-order valence-corrected chi connectivity index (χ0v) is 16.9. The van der Waals surface area contributed by atoms with Crippen LogP contribution in [0.25, 0.3) is 0 Å². The van der Waals surface area contributed by atoms with Gasteiger partial charge in [-0.15, -0.1) is 0 Å². The van der Waals surface area contributed by atoms with Crippen molar-refractivity contribution in [2.24, 2.45) is 0 Å². The number of nitrogens with one attached hydrogen (secondary N) is 1. The number of carbonyl (C=O) groups excluding carboxylic acids is 2. The number of halogens is 1. The van der Waals surface area contributed by atoms with Crippen LogP contribution in [0.15, 0.2) is 97.2 Å². The van der Waals surface area contributed by atoms with E-state index in [1.165, 1.54) is 24.3 Å². The lowest BCUT2D eigenvalue weighted by molar-refractivity contribution is 0.0996. The van der Waals surface area contributed by atoms with E-state index in [0.717, 1.165) is 0 Å². The number of ketones is 1. The molecule has 0 aliphatic rings. The number of hydrogen-bond donors (Lipinski definition) is 1. The first-order valence-corrected chi connectivity index (χ1v) is 9.84. The number of benzene rings is 3. The molecular formula is C27H17FN2O2. The minimum absolute atomic E-state index is 0.229. The molecule has 0 radical (unpaired) electrons. The Bertz CT molecular complexity index is 1340. The Kier molecular flexibility index (Phi) is 6.15. The Labute approximate surface area is 184 Å². The van der Waals surface area contributed by atoms with Crippen molar-refractivity contribution in [2.45, 2.75) is 0 Å². The van der Waals surface area contributed by atoms with Gasteiger partial charge in [-0.1, -0.05) is 36.3 Å². The highest BCUT2D eigenvalue weighted by Gasteiger charge is 2.18. The van der Waals surface area contributed by atoms with E-state index in [2.05, 4.69) is 22.1 Å². The number of anilines is 1. The fraction of sp³-hybridized carbons (Fsp3) is 0. The van der Waals surface area contributed by atoms with Crippen LogP contribution < -0.4 is 5.32 Å². The second-order valence-electron chi connectivity index (χ2n) is 6.88. The van der Waals surface area contributed by atoms with Crippen molar-refractivity contribution in [1.29, 1.82) is 0 Å². The van der Waals surface area contributed by atoms with Gasteiger partial charge in [-0.05, 0) is 66.6 Å². The van der Waals surface area contributed by atoms with Crippen molar-refractivity contribution >= 4 is 17.4 Å². The van der Waals surface area contributed by atoms with Gasteiger partial charge in [-0.25, -0.2) is 9.37 Å². The van der Waals surface area contributed by atoms with E-state index in [1.807, 2.05) is 24.3 Å². The minimum Gasteiger partial charge on any atom is -0.322 e. The average molecular weight is 420 g/mol. The summed E-state index contributed by atoms with van der Waals surface area (Å²) in [5.74, 6) is 4.78. The summed E-state index contributed by atoms with van der Waals surface area (Å²) >= 11 is 0. The molecule has 0 aliphatic carbocycles. The third-order valence-corrected chi connectivity index (χ3v) is 4.64. The molecule has 0 saturated heterocycles. The van der Waals surface area contributed by atoms with Crippen LogP contribution in [0, 0.1) is 17.7 Å². The topological polar surface area (TPSA) is 59.1 Å². The molecule has 4 nitrogen and oxygen atoms in total. The van der Waals surface area contributed by atoms with Gasteiger partial charge in [0.25, 0.3) is 5.91 Å². The molecule has 0 atom stereocenters. The summed E-state index contributed by atoms with van der Waals surface area (Å²) in [6.45, 7) is 0. The monoisotopic (exact) mass is 420 g/mol. The van der Waals surface area contributed by atoms with Crippen molar-refractivity contribution < 1.29 is 14.0 Å². The highest BCUT2D eigenvalue weighted by molar-refractivity contribution is 6.17. The molecule has 5 heteroatoms. The number of hydrogen-bond acceptors (Lipinski definition) is 3. The molecule has 0 aliphatic heterocycles. The SMILES string of the molecule is O=C(Nc1cccc(C#Cc2ccccn2)c1)c1ccccc1C(=O)c1ccc(F)cc1. The summed E-state index contributed by atoms with van der Waals surface area (Å²) in [7, 11) is 0. The van der Waals surface area contributed by atoms with Crippen LogP contribution in [0.4, 0.5) is 10.1 Å². The van der Waals surface area contributed by atoms with Gasteiger partial charge in [0.05, 0.1) is 5.56 Å². The van der Waals surface area contributed by atoms with E-state index in [0.29, 0.717) is 22.5 Å². The highest BCUT2D eigenvalue weighted by Crippen LogP contribution is 2.18. The molecule has 1 N–H and O–H groups in total. The van der Waals surface area contributed by atoms with E-state index in [1.54, 1.807) is 48.7 Å². The normalized spacial score (nSPS) is 10.0. The summed E-state index contributed by atoms with van der Waals surface area (Å²) in [5.41, 5.74) is 2.68. The number of aromatic nitrogens is 1. The first-order chi connectivity index (χ1) is 15.6. The molecule has 4 rings (SSSR count). The average Bonchev–Trinajstić information content (AvgIpc) is 2.84. The predicted octanol–water partition coefficient (Wildman–Crippen LogP) is 5.10. The van der Waals surface area contributed by atoms with Crippen molar-refractivity contribution in [3.05, 3.63) is 131 Å². The fourth-order valence-electron chi connectivity index (χ4n) is 3.08. The van der Waals surface area contributed by atoms with Crippen LogP contribution in [0.3, 0.4) is 0 Å². The van der Waals surface area contributed by atoms with Crippen LogP contribution in [-0.4, -0.2) is 16.7 Å². The first kappa shape index (κ1) is 20.7. The number of pyridine rings is 1. The van der Waals surface area contributed by atoms with E-state index < -0.39 is 11.7 Å². The lowest BCUT2D eigenvalue weighted by Gasteiger charge is -2.10. The summed E-state index contributed by atoms with van der Waals surface area (Å²) in [6.07, 6.45) is 1.67. The largest absolute Gasteiger partial charge is 0.322 e. The molecule has 0 fully saturated rings. The smallest absolute Gasteiger partial charge is 0.256 e. The molecule has 1 heterocycles. The first-order valence-electron chi connectivity index (χ1n) is 9.84. The van der Waals surface area contributed by atoms with Crippen LogP contribution >= 0.6 is 0 Å². The van der Waals surface area contributed by atoms with Crippen LogP contribution in [0.2, 0.25) is 0 Å². The van der Waals surface area contributed by atoms with E-state index in [-0.39, 0.29) is 16.9 Å². The van der Waals surface area contributed by atoms with Gasteiger partial charge in [-0.3, -0.25) is 9.59 Å². The van der Waals surface area contributed by atoms with Crippen LogP contribution in [0.1, 0.15) is 37.5 Å². The van der Waals surface area contributed by atoms with Gasteiger partial charge in [0, 0.05) is 28.6 Å². The third-order valence-electron chi connectivity index (χ3n) is 4.64. The molecule has 0 unspecified atom stereocenters. The Morgan fingerprint density at radius 2 is 1.53 bits per heavy atom. The van der Waals surface area contributed by atoms with Crippen molar-refractivity contribution in [2.75, 3.05) is 5.32 Å². The van der Waals surface area contributed by atoms with Gasteiger partial charge in [0.15, 0.2) is 5.78 Å². The molecular weight excluding hydrogens is 403 g/mol. The highest BCUT2D eigenvalue weighted by atomic mass is 19.1. The Morgan fingerprint density at radius 1 is 0.781 bits per heavy atom. The molecule has 154 valence electrons. The maximum atomic E-state index is 13.2. The summed E-state index contributed by atoms with van der Waals surface area (Å²) in [4.78, 5) is 30.0. The van der Waals surface area contributed by atoms with Gasteiger partial charge in [0.1, 0.15) is 11.5 Å². The second-order valence-corrected chi connectivity index (χ2v) is 6.88. The quantitative estimate of drug-likeness (QED) is 0.369. The molecule has 3 aromatic carbocycles.